The minimum absolute atomic E-state index is 0.0697. The van der Waals surface area contributed by atoms with Crippen LogP contribution in [-0.2, 0) is 16.1 Å². The zero-order valence-electron chi connectivity index (χ0n) is 21.2. The van der Waals surface area contributed by atoms with Crippen LogP contribution in [-0.4, -0.2) is 45.8 Å². The van der Waals surface area contributed by atoms with Gasteiger partial charge in [-0.25, -0.2) is 4.79 Å². The van der Waals surface area contributed by atoms with Gasteiger partial charge in [-0.2, -0.15) is 5.10 Å². The highest BCUT2D eigenvalue weighted by Gasteiger charge is 2.49. The van der Waals surface area contributed by atoms with E-state index >= 15 is 0 Å². The number of anilines is 1. The first kappa shape index (κ1) is 24.9. The molecule has 2 amide bonds. The zero-order chi connectivity index (χ0) is 25.2. The van der Waals surface area contributed by atoms with Crippen molar-refractivity contribution in [2.24, 2.45) is 0 Å². The summed E-state index contributed by atoms with van der Waals surface area (Å²) in [5, 5.41) is 7.61. The van der Waals surface area contributed by atoms with Crippen molar-refractivity contribution in [3.63, 3.8) is 0 Å². The predicted molar refractivity (Wildman–Crippen MR) is 134 cm³/mol. The molecule has 8 nitrogen and oxygen atoms in total. The summed E-state index contributed by atoms with van der Waals surface area (Å²) in [4.78, 5) is 41.7. The molecule has 1 aromatic carbocycles. The lowest BCUT2D eigenvalue weighted by Gasteiger charge is -2.44. The van der Waals surface area contributed by atoms with E-state index in [0.717, 1.165) is 36.8 Å². The minimum atomic E-state index is -1.22. The first-order chi connectivity index (χ1) is 16.7. The summed E-state index contributed by atoms with van der Waals surface area (Å²) >= 11 is 0. The quantitative estimate of drug-likeness (QED) is 0.643. The molecular weight excluding hydrogens is 444 g/mol. The van der Waals surface area contributed by atoms with E-state index in [1.54, 1.807) is 18.7 Å². The van der Waals surface area contributed by atoms with Gasteiger partial charge in [0, 0.05) is 17.8 Å². The summed E-state index contributed by atoms with van der Waals surface area (Å²) in [5.41, 5.74) is 1.78. The van der Waals surface area contributed by atoms with Gasteiger partial charge in [-0.1, -0.05) is 38.2 Å². The van der Waals surface area contributed by atoms with Crippen molar-refractivity contribution in [1.82, 2.24) is 15.1 Å². The lowest BCUT2D eigenvalue weighted by molar-refractivity contribution is -0.127. The Hall–Kier alpha value is -3.16. The molecule has 188 valence electrons. The van der Waals surface area contributed by atoms with E-state index in [9.17, 15) is 14.4 Å². The van der Waals surface area contributed by atoms with E-state index in [0.29, 0.717) is 5.69 Å². The third kappa shape index (κ3) is 5.11. The van der Waals surface area contributed by atoms with Gasteiger partial charge < -0.3 is 10.1 Å². The number of ether oxygens (including phenoxy) is 1. The molecule has 1 unspecified atom stereocenters. The monoisotopic (exact) mass is 480 g/mol. The molecule has 1 N–H and O–H groups in total. The van der Waals surface area contributed by atoms with Crippen LogP contribution in [0.2, 0.25) is 0 Å². The molecule has 2 aromatic rings. The number of fused-ring (bicyclic) bond motifs is 1. The van der Waals surface area contributed by atoms with Gasteiger partial charge in [0.05, 0.1) is 13.2 Å². The van der Waals surface area contributed by atoms with Crippen LogP contribution in [0.3, 0.4) is 0 Å². The lowest BCUT2D eigenvalue weighted by Crippen LogP contribution is -2.65. The second-order valence-corrected chi connectivity index (χ2v) is 10.1. The number of nitrogens with one attached hydrogen (secondary N) is 1. The molecule has 0 spiro atoms. The standard InChI is InChI=1S/C27H36N4O4/c1-5-35-25(33)22-16-23-24(32)31(21-14-18(2)13-19(3)15-21)27(4,17-30(23)29-22)26(34)28-20-11-9-7-6-8-10-12-20/h13-16,20H,5-12,17H2,1-4H3,(H,28,34). The fourth-order valence-electron chi connectivity index (χ4n) is 5.31. The number of carbonyl (C=O) groups excluding carboxylic acids is 3. The molecule has 1 aliphatic heterocycles. The Balaban J connectivity index is 1.73. The van der Waals surface area contributed by atoms with Gasteiger partial charge in [0.25, 0.3) is 5.91 Å². The van der Waals surface area contributed by atoms with E-state index in [2.05, 4.69) is 10.4 Å². The number of hydrogen-bond acceptors (Lipinski definition) is 5. The molecule has 1 aromatic heterocycles. The maximum atomic E-state index is 13.9. The molecular formula is C27H36N4O4. The smallest absolute Gasteiger partial charge is 0.358 e. The van der Waals surface area contributed by atoms with Gasteiger partial charge in [0.2, 0.25) is 5.91 Å². The highest BCUT2D eigenvalue weighted by atomic mass is 16.5. The normalized spacial score (nSPS) is 21.1. The van der Waals surface area contributed by atoms with Gasteiger partial charge >= 0.3 is 5.97 Å². The molecule has 0 saturated heterocycles. The predicted octanol–water partition coefficient (Wildman–Crippen LogP) is 4.32. The average Bonchev–Trinajstić information content (AvgIpc) is 3.19. The number of nitrogens with zero attached hydrogens (tertiary/aromatic N) is 3. The third-order valence-electron chi connectivity index (χ3n) is 7.03. The molecule has 1 saturated carbocycles. The summed E-state index contributed by atoms with van der Waals surface area (Å²) in [6, 6.07) is 7.43. The Morgan fingerprint density at radius 2 is 1.69 bits per heavy atom. The van der Waals surface area contributed by atoms with Gasteiger partial charge in [-0.3, -0.25) is 19.2 Å². The lowest BCUT2D eigenvalue weighted by atomic mass is 9.91. The van der Waals surface area contributed by atoms with E-state index in [-0.39, 0.29) is 42.4 Å². The van der Waals surface area contributed by atoms with Crippen molar-refractivity contribution in [3.05, 3.63) is 46.8 Å². The molecule has 2 aliphatic rings. The van der Waals surface area contributed by atoms with Crippen LogP contribution in [0.5, 0.6) is 0 Å². The minimum Gasteiger partial charge on any atom is -0.461 e. The highest BCUT2D eigenvalue weighted by Crippen LogP contribution is 2.34. The topological polar surface area (TPSA) is 93.5 Å². The number of hydrogen-bond donors (Lipinski definition) is 1. The van der Waals surface area contributed by atoms with E-state index < -0.39 is 11.5 Å². The Morgan fingerprint density at radius 1 is 1.06 bits per heavy atom. The van der Waals surface area contributed by atoms with Crippen molar-refractivity contribution >= 4 is 23.5 Å². The molecule has 0 bridgehead atoms. The summed E-state index contributed by atoms with van der Waals surface area (Å²) in [6.07, 6.45) is 7.69. The maximum absolute atomic E-state index is 13.9. The van der Waals surface area contributed by atoms with Crippen molar-refractivity contribution in [2.75, 3.05) is 11.5 Å². The number of aryl methyl sites for hydroxylation is 2. The van der Waals surface area contributed by atoms with Gasteiger partial charge in [0.15, 0.2) is 5.69 Å². The summed E-state index contributed by atoms with van der Waals surface area (Å²) in [7, 11) is 0. The van der Waals surface area contributed by atoms with Crippen LogP contribution < -0.4 is 10.2 Å². The zero-order valence-corrected chi connectivity index (χ0v) is 21.2. The van der Waals surface area contributed by atoms with Crippen LogP contribution in [0.4, 0.5) is 5.69 Å². The van der Waals surface area contributed by atoms with Crippen LogP contribution in [0.25, 0.3) is 0 Å². The molecule has 35 heavy (non-hydrogen) atoms. The summed E-state index contributed by atoms with van der Waals surface area (Å²) in [5.74, 6) is -1.14. The molecule has 2 heterocycles. The Kier molecular flexibility index (Phi) is 7.28. The maximum Gasteiger partial charge on any atom is 0.358 e. The summed E-state index contributed by atoms with van der Waals surface area (Å²) < 4.78 is 6.56. The fraction of sp³-hybridized carbons (Fsp3) is 0.556. The van der Waals surface area contributed by atoms with Crippen molar-refractivity contribution in [2.45, 2.75) is 90.8 Å². The van der Waals surface area contributed by atoms with Crippen molar-refractivity contribution in [1.29, 1.82) is 0 Å². The van der Waals surface area contributed by atoms with Crippen LogP contribution in [0.15, 0.2) is 24.3 Å². The Labute approximate surface area is 207 Å². The SMILES string of the molecule is CCOC(=O)c1cc2n(n1)CC(C)(C(=O)NC1CCCCCCC1)N(c1cc(C)cc(C)c1)C2=O. The van der Waals surface area contributed by atoms with Crippen molar-refractivity contribution < 1.29 is 19.1 Å². The van der Waals surface area contributed by atoms with Crippen LogP contribution in [0.1, 0.15) is 90.9 Å². The third-order valence-corrected chi connectivity index (χ3v) is 7.03. The molecule has 1 atom stereocenters. The second-order valence-electron chi connectivity index (χ2n) is 10.1. The fourth-order valence-corrected chi connectivity index (χ4v) is 5.31. The Morgan fingerprint density at radius 3 is 2.31 bits per heavy atom. The molecule has 0 radical (unpaired) electrons. The number of esters is 1. The number of rotatable bonds is 5. The largest absolute Gasteiger partial charge is 0.461 e. The average molecular weight is 481 g/mol. The van der Waals surface area contributed by atoms with Crippen LogP contribution in [0, 0.1) is 13.8 Å². The van der Waals surface area contributed by atoms with E-state index in [1.165, 1.54) is 30.0 Å². The number of aromatic nitrogens is 2. The van der Waals surface area contributed by atoms with Gasteiger partial charge in [-0.05, 0) is 63.8 Å². The van der Waals surface area contributed by atoms with Gasteiger partial charge in [-0.15, -0.1) is 0 Å². The second kappa shape index (κ2) is 10.2. The number of benzene rings is 1. The van der Waals surface area contributed by atoms with Crippen molar-refractivity contribution in [3.8, 4) is 0 Å². The first-order valence-corrected chi connectivity index (χ1v) is 12.7. The van der Waals surface area contributed by atoms with E-state index in [1.807, 2.05) is 32.0 Å². The Bertz CT molecular complexity index is 1100. The number of amides is 2. The van der Waals surface area contributed by atoms with Crippen LogP contribution >= 0.6 is 0 Å². The molecule has 8 heteroatoms. The molecule has 1 aliphatic carbocycles. The molecule has 1 fully saturated rings. The number of carbonyl (C=O) groups is 3. The highest BCUT2D eigenvalue weighted by molar-refractivity contribution is 6.12. The summed E-state index contributed by atoms with van der Waals surface area (Å²) in [6.45, 7) is 7.80. The first-order valence-electron chi connectivity index (χ1n) is 12.7. The van der Waals surface area contributed by atoms with Gasteiger partial charge in [0.1, 0.15) is 11.2 Å². The molecule has 4 rings (SSSR count). The van der Waals surface area contributed by atoms with E-state index in [4.69, 9.17) is 4.74 Å².